The van der Waals surface area contributed by atoms with E-state index in [0.29, 0.717) is 17.9 Å². The third kappa shape index (κ3) is 6.50. The maximum atomic E-state index is 14.1. The Labute approximate surface area is 249 Å². The number of aromatic nitrogens is 2. The number of hydrogen-bond acceptors (Lipinski definition) is 9. The van der Waals surface area contributed by atoms with E-state index in [1.165, 1.54) is 18.5 Å². The van der Waals surface area contributed by atoms with E-state index in [-0.39, 0.29) is 5.95 Å². The first-order valence-corrected chi connectivity index (χ1v) is 15.7. The molecule has 14 heteroatoms. The summed E-state index contributed by atoms with van der Waals surface area (Å²) in [4.78, 5) is 12.8. The van der Waals surface area contributed by atoms with Crippen molar-refractivity contribution in [3.8, 4) is 5.75 Å². The molecule has 0 radical (unpaired) electrons. The number of anilines is 4. The second-order valence-corrected chi connectivity index (χ2v) is 13.1. The molecule has 2 heterocycles. The van der Waals surface area contributed by atoms with Crippen LogP contribution in [-0.4, -0.2) is 87.3 Å². The van der Waals surface area contributed by atoms with E-state index in [0.717, 1.165) is 61.0 Å². The summed E-state index contributed by atoms with van der Waals surface area (Å²) in [5.74, 6) is -0.0119. The molecule has 2 aliphatic rings. The van der Waals surface area contributed by atoms with Crippen molar-refractivity contribution in [1.29, 1.82) is 0 Å². The summed E-state index contributed by atoms with van der Waals surface area (Å²) in [6.07, 6.45) is -2.63. The van der Waals surface area contributed by atoms with Crippen LogP contribution >= 0.6 is 0 Å². The molecule has 0 amide bonds. The second-order valence-electron chi connectivity index (χ2n) is 11.1. The van der Waals surface area contributed by atoms with Gasteiger partial charge in [0.2, 0.25) is 16.0 Å². The topological polar surface area (TPSA) is 103 Å². The zero-order chi connectivity index (χ0) is 31.1. The molecular weight excluding hydrogens is 583 g/mol. The van der Waals surface area contributed by atoms with Gasteiger partial charge in [-0.25, -0.2) is 13.4 Å². The van der Waals surface area contributed by atoms with Gasteiger partial charge in [-0.2, -0.15) is 22.5 Å². The Hall–Kier alpha value is -3.62. The van der Waals surface area contributed by atoms with Gasteiger partial charge in [0, 0.05) is 51.2 Å². The van der Waals surface area contributed by atoms with E-state index in [2.05, 4.69) is 37.4 Å². The maximum absolute atomic E-state index is 14.1. The van der Waals surface area contributed by atoms with Crippen LogP contribution in [0.1, 0.15) is 28.3 Å². The molecule has 232 valence electrons. The number of benzene rings is 2. The fraction of sp³-hybridized carbons (Fsp3) is 0.448. The van der Waals surface area contributed by atoms with Crippen LogP contribution < -0.4 is 20.3 Å². The van der Waals surface area contributed by atoms with Crippen LogP contribution in [0.3, 0.4) is 0 Å². The van der Waals surface area contributed by atoms with Crippen molar-refractivity contribution >= 4 is 33.2 Å². The molecule has 10 nitrogen and oxygen atoms in total. The summed E-state index contributed by atoms with van der Waals surface area (Å²) >= 11 is 0. The molecule has 3 aromatic rings. The highest BCUT2D eigenvalue weighted by molar-refractivity contribution is 7.88. The minimum atomic E-state index is -4.75. The maximum Gasteiger partial charge on any atom is 0.421 e. The zero-order valence-electron chi connectivity index (χ0n) is 24.7. The molecule has 2 aromatic carbocycles. The van der Waals surface area contributed by atoms with Gasteiger partial charge < -0.3 is 25.2 Å². The molecule has 0 bridgehead atoms. The lowest BCUT2D eigenvalue weighted by atomic mass is 10.1. The summed E-state index contributed by atoms with van der Waals surface area (Å²) in [6, 6.07) is 9.57. The fourth-order valence-corrected chi connectivity index (χ4v) is 6.42. The van der Waals surface area contributed by atoms with Crippen molar-refractivity contribution < 1.29 is 26.3 Å². The summed E-state index contributed by atoms with van der Waals surface area (Å²) < 4.78 is 74.2. The van der Waals surface area contributed by atoms with Gasteiger partial charge in [0.25, 0.3) is 0 Å². The van der Waals surface area contributed by atoms with Crippen molar-refractivity contribution in [2.75, 3.05) is 69.2 Å². The van der Waals surface area contributed by atoms with Crippen LogP contribution in [0.4, 0.5) is 36.3 Å². The smallest absolute Gasteiger partial charge is 0.421 e. The van der Waals surface area contributed by atoms with Gasteiger partial charge >= 0.3 is 6.18 Å². The van der Waals surface area contributed by atoms with Crippen molar-refractivity contribution in [3.63, 3.8) is 0 Å². The summed E-state index contributed by atoms with van der Waals surface area (Å²) in [6.45, 7) is 5.57. The molecule has 0 saturated carbocycles. The Morgan fingerprint density at radius 2 is 1.81 bits per heavy atom. The lowest BCUT2D eigenvalue weighted by Crippen LogP contribution is -2.44. The summed E-state index contributed by atoms with van der Waals surface area (Å²) in [7, 11) is 1.38. The van der Waals surface area contributed by atoms with E-state index in [4.69, 9.17) is 4.74 Å². The lowest BCUT2D eigenvalue weighted by Gasteiger charge is -2.35. The minimum absolute atomic E-state index is 0.0657. The van der Waals surface area contributed by atoms with Crippen molar-refractivity contribution in [1.82, 2.24) is 19.2 Å². The number of hydrogen-bond donors (Lipinski definition) is 2. The van der Waals surface area contributed by atoms with Gasteiger partial charge in [-0.05, 0) is 43.1 Å². The predicted octanol–water partition coefficient (Wildman–Crippen LogP) is 4.28. The molecular formula is C29H36F3N7O3S. The molecule has 0 unspecified atom stereocenters. The van der Waals surface area contributed by atoms with Crippen LogP contribution in [0.2, 0.25) is 0 Å². The van der Waals surface area contributed by atoms with E-state index in [9.17, 15) is 21.6 Å². The molecule has 1 aromatic heterocycles. The molecule has 1 aliphatic heterocycles. The highest BCUT2D eigenvalue weighted by atomic mass is 32.2. The molecule has 43 heavy (non-hydrogen) atoms. The van der Waals surface area contributed by atoms with Gasteiger partial charge in [-0.3, -0.25) is 0 Å². The Morgan fingerprint density at radius 3 is 2.47 bits per heavy atom. The molecule has 2 N–H and O–H groups in total. The normalized spacial score (nSPS) is 19.4. The number of methoxy groups -OCH3 is 1. The fourth-order valence-electron chi connectivity index (χ4n) is 5.75. The van der Waals surface area contributed by atoms with Crippen LogP contribution in [0.5, 0.6) is 5.75 Å². The Kier molecular flexibility index (Phi) is 8.47. The highest BCUT2D eigenvalue weighted by Crippen LogP contribution is 2.41. The standard InChI is InChI=1S/C29H36F3N7O3S/c1-18-14-22(25(42-4)16-24(18)39-12-10-37(2)11-13-39)35-28-33-17-21(29(30,31)32)27(36-28)34-23-15-19-8-6-7-9-20(19)26(23)38(3)43(5,40)41/h6-9,14,16-17,23,26H,10-13,15H2,1-5H3,(H2,33,34,35,36)/t23-,26-/m1/s1. The van der Waals surface area contributed by atoms with E-state index < -0.39 is 39.7 Å². The second kappa shape index (κ2) is 11.8. The number of nitrogens with zero attached hydrogens (tertiary/aromatic N) is 5. The van der Waals surface area contributed by atoms with Crippen LogP contribution in [0, 0.1) is 6.92 Å². The first-order valence-electron chi connectivity index (χ1n) is 13.9. The first-order chi connectivity index (χ1) is 20.3. The van der Waals surface area contributed by atoms with Crippen molar-refractivity contribution in [3.05, 3.63) is 64.8 Å². The largest absolute Gasteiger partial charge is 0.494 e. The summed E-state index contributed by atoms with van der Waals surface area (Å²) in [5, 5.41) is 5.96. The number of rotatable bonds is 8. The average molecular weight is 620 g/mol. The Bertz CT molecular complexity index is 1590. The quantitative estimate of drug-likeness (QED) is 0.383. The Balaban J connectivity index is 1.47. The molecule has 5 rings (SSSR count). The number of likely N-dealkylation sites (N-methyl/N-ethyl adjacent to an activating group) is 2. The number of ether oxygens (including phenoxy) is 1. The minimum Gasteiger partial charge on any atom is -0.494 e. The number of nitrogens with one attached hydrogen (secondary N) is 2. The van der Waals surface area contributed by atoms with E-state index in [1.54, 1.807) is 12.1 Å². The van der Waals surface area contributed by atoms with Crippen molar-refractivity contribution in [2.45, 2.75) is 31.6 Å². The van der Waals surface area contributed by atoms with Gasteiger partial charge in [0.05, 0.1) is 31.1 Å². The number of aryl methyl sites for hydroxylation is 1. The first kappa shape index (κ1) is 30.8. The van der Waals surface area contributed by atoms with Gasteiger partial charge in [0.1, 0.15) is 17.1 Å². The van der Waals surface area contributed by atoms with Crippen LogP contribution in [0.15, 0.2) is 42.6 Å². The molecule has 1 saturated heterocycles. The molecule has 1 aliphatic carbocycles. The van der Waals surface area contributed by atoms with E-state index >= 15 is 0 Å². The number of fused-ring (bicyclic) bond motifs is 1. The average Bonchev–Trinajstić information content (AvgIpc) is 3.30. The summed E-state index contributed by atoms with van der Waals surface area (Å²) in [5.41, 5.74) is 3.02. The van der Waals surface area contributed by atoms with Gasteiger partial charge in [-0.1, -0.05) is 24.3 Å². The third-order valence-corrected chi connectivity index (χ3v) is 9.41. The van der Waals surface area contributed by atoms with Crippen molar-refractivity contribution in [2.24, 2.45) is 0 Å². The monoisotopic (exact) mass is 619 g/mol. The van der Waals surface area contributed by atoms with Gasteiger partial charge in [0.15, 0.2) is 0 Å². The zero-order valence-corrected chi connectivity index (χ0v) is 25.6. The molecule has 0 spiro atoms. The molecule has 2 atom stereocenters. The van der Waals surface area contributed by atoms with Crippen LogP contribution in [-0.2, 0) is 22.6 Å². The third-order valence-electron chi connectivity index (χ3n) is 8.13. The number of piperazine rings is 1. The molecule has 1 fully saturated rings. The number of sulfonamides is 1. The SMILES string of the molecule is COc1cc(N2CCN(C)CC2)c(C)cc1Nc1ncc(C(F)(F)F)c(N[C@@H]2Cc3ccccc3[C@H]2N(C)S(C)(=O)=O)n1. The number of halogens is 3. The number of alkyl halides is 3. The lowest BCUT2D eigenvalue weighted by molar-refractivity contribution is -0.137. The Morgan fingerprint density at radius 1 is 1.12 bits per heavy atom. The predicted molar refractivity (Wildman–Crippen MR) is 161 cm³/mol. The van der Waals surface area contributed by atoms with Crippen LogP contribution in [0.25, 0.3) is 0 Å². The van der Waals surface area contributed by atoms with E-state index in [1.807, 2.05) is 31.2 Å². The van der Waals surface area contributed by atoms with Gasteiger partial charge in [-0.15, -0.1) is 0 Å². The highest BCUT2D eigenvalue weighted by Gasteiger charge is 2.41.